The van der Waals surface area contributed by atoms with E-state index in [9.17, 15) is 4.79 Å². The van der Waals surface area contributed by atoms with Gasteiger partial charge in [-0.25, -0.2) is 0 Å². The SMILES string of the molecule is CCCCCCCCCCCCC1CCC(OC(=O)C(Cl)CCC)CC1. The van der Waals surface area contributed by atoms with Gasteiger partial charge in [-0.15, -0.1) is 11.6 Å². The van der Waals surface area contributed by atoms with Crippen LogP contribution in [0.25, 0.3) is 0 Å². The fourth-order valence-corrected chi connectivity index (χ4v) is 4.34. The zero-order valence-corrected chi connectivity index (χ0v) is 18.2. The van der Waals surface area contributed by atoms with Gasteiger partial charge in [-0.05, 0) is 38.0 Å². The topological polar surface area (TPSA) is 26.3 Å². The summed E-state index contributed by atoms with van der Waals surface area (Å²) >= 11 is 6.06. The predicted octanol–water partition coefficient (Wildman–Crippen LogP) is 7.81. The van der Waals surface area contributed by atoms with E-state index in [-0.39, 0.29) is 12.1 Å². The largest absolute Gasteiger partial charge is 0.461 e. The van der Waals surface area contributed by atoms with Crippen molar-refractivity contribution < 1.29 is 9.53 Å². The van der Waals surface area contributed by atoms with E-state index in [2.05, 4.69) is 6.92 Å². The lowest BCUT2D eigenvalue weighted by atomic mass is 9.84. The van der Waals surface area contributed by atoms with E-state index in [4.69, 9.17) is 16.3 Å². The standard InChI is InChI=1S/C23H43ClO2/c1-3-5-6-7-8-9-10-11-12-13-15-20-16-18-21(19-17-20)26-23(25)22(24)14-4-2/h20-22H,3-19H2,1-2H3. The molecule has 0 radical (unpaired) electrons. The van der Waals surface area contributed by atoms with Gasteiger partial charge in [0.2, 0.25) is 0 Å². The van der Waals surface area contributed by atoms with Gasteiger partial charge < -0.3 is 4.74 Å². The summed E-state index contributed by atoms with van der Waals surface area (Å²) in [4.78, 5) is 11.9. The highest BCUT2D eigenvalue weighted by molar-refractivity contribution is 6.29. The molecule has 1 aliphatic carbocycles. The van der Waals surface area contributed by atoms with Gasteiger partial charge in [-0.3, -0.25) is 4.79 Å². The molecule has 0 aliphatic heterocycles. The fraction of sp³-hybridized carbons (Fsp3) is 0.957. The number of rotatable bonds is 15. The van der Waals surface area contributed by atoms with E-state index >= 15 is 0 Å². The first-order valence-electron chi connectivity index (χ1n) is 11.5. The Bertz CT molecular complexity index is 337. The van der Waals surface area contributed by atoms with Crippen molar-refractivity contribution in [3.8, 4) is 0 Å². The molecule has 3 heteroatoms. The Morgan fingerprint density at radius 3 is 1.92 bits per heavy atom. The van der Waals surface area contributed by atoms with Gasteiger partial charge in [-0.2, -0.15) is 0 Å². The third-order valence-electron chi connectivity index (χ3n) is 5.84. The Kier molecular flexibility index (Phi) is 14.4. The zero-order chi connectivity index (χ0) is 19.0. The second-order valence-corrected chi connectivity index (χ2v) is 8.83. The van der Waals surface area contributed by atoms with Crippen molar-refractivity contribution >= 4 is 17.6 Å². The lowest BCUT2D eigenvalue weighted by Crippen LogP contribution is -2.28. The number of alkyl halides is 1. The summed E-state index contributed by atoms with van der Waals surface area (Å²) in [5.74, 6) is 0.646. The minimum absolute atomic E-state index is 0.115. The summed E-state index contributed by atoms with van der Waals surface area (Å²) in [6, 6.07) is 0. The number of unbranched alkanes of at least 4 members (excludes halogenated alkanes) is 9. The fourth-order valence-electron chi connectivity index (χ4n) is 4.07. The van der Waals surface area contributed by atoms with E-state index in [0.29, 0.717) is 6.42 Å². The second kappa shape index (κ2) is 15.8. The molecule has 1 aliphatic rings. The predicted molar refractivity (Wildman–Crippen MR) is 113 cm³/mol. The summed E-state index contributed by atoms with van der Waals surface area (Å²) < 4.78 is 5.59. The lowest BCUT2D eigenvalue weighted by Gasteiger charge is -2.28. The van der Waals surface area contributed by atoms with Gasteiger partial charge in [0.1, 0.15) is 11.5 Å². The molecule has 2 nitrogen and oxygen atoms in total. The Labute approximate surface area is 167 Å². The Hall–Kier alpha value is -0.240. The first-order valence-corrected chi connectivity index (χ1v) is 12.0. The van der Waals surface area contributed by atoms with Crippen LogP contribution in [0.3, 0.4) is 0 Å². The maximum absolute atomic E-state index is 11.9. The molecule has 0 aromatic rings. The molecule has 0 aromatic carbocycles. The van der Waals surface area contributed by atoms with Gasteiger partial charge in [0, 0.05) is 0 Å². The summed E-state index contributed by atoms with van der Waals surface area (Å²) in [7, 11) is 0. The summed E-state index contributed by atoms with van der Waals surface area (Å²) in [6.07, 6.45) is 21.7. The normalized spacial score (nSPS) is 21.5. The van der Waals surface area contributed by atoms with Crippen molar-refractivity contribution in [3.63, 3.8) is 0 Å². The minimum Gasteiger partial charge on any atom is -0.461 e. The van der Waals surface area contributed by atoms with E-state index in [0.717, 1.165) is 25.2 Å². The van der Waals surface area contributed by atoms with Crippen LogP contribution in [0.15, 0.2) is 0 Å². The molecule has 0 spiro atoms. The quantitative estimate of drug-likeness (QED) is 0.163. The molecule has 1 saturated carbocycles. The zero-order valence-electron chi connectivity index (χ0n) is 17.4. The van der Waals surface area contributed by atoms with Crippen molar-refractivity contribution in [3.05, 3.63) is 0 Å². The number of ether oxygens (including phenoxy) is 1. The molecular formula is C23H43ClO2. The Morgan fingerprint density at radius 2 is 1.38 bits per heavy atom. The average Bonchev–Trinajstić information content (AvgIpc) is 2.64. The lowest BCUT2D eigenvalue weighted by molar-refractivity contribution is -0.150. The van der Waals surface area contributed by atoms with Crippen molar-refractivity contribution in [2.75, 3.05) is 0 Å². The highest BCUT2D eigenvalue weighted by Gasteiger charge is 2.26. The smallest absolute Gasteiger partial charge is 0.324 e. The third-order valence-corrected chi connectivity index (χ3v) is 6.24. The third kappa shape index (κ3) is 11.5. The first kappa shape index (κ1) is 23.8. The molecule has 0 bridgehead atoms. The molecule has 154 valence electrons. The average molecular weight is 387 g/mol. The van der Waals surface area contributed by atoms with Crippen LogP contribution in [0.5, 0.6) is 0 Å². The number of halogens is 1. The van der Waals surface area contributed by atoms with Gasteiger partial charge >= 0.3 is 5.97 Å². The molecular weight excluding hydrogens is 344 g/mol. The van der Waals surface area contributed by atoms with Crippen molar-refractivity contribution in [2.24, 2.45) is 5.92 Å². The van der Waals surface area contributed by atoms with Crippen molar-refractivity contribution in [1.29, 1.82) is 0 Å². The maximum Gasteiger partial charge on any atom is 0.324 e. The number of carbonyl (C=O) groups is 1. The molecule has 0 saturated heterocycles. The van der Waals surface area contributed by atoms with Gasteiger partial charge in [0.15, 0.2) is 0 Å². The maximum atomic E-state index is 11.9. The van der Waals surface area contributed by atoms with E-state index in [1.54, 1.807) is 0 Å². The van der Waals surface area contributed by atoms with Crippen molar-refractivity contribution in [1.82, 2.24) is 0 Å². The van der Waals surface area contributed by atoms with E-state index < -0.39 is 5.38 Å². The first-order chi connectivity index (χ1) is 12.7. The number of esters is 1. The van der Waals surface area contributed by atoms with Crippen LogP contribution in [0.2, 0.25) is 0 Å². The van der Waals surface area contributed by atoms with Crippen LogP contribution in [0, 0.1) is 5.92 Å². The highest BCUT2D eigenvalue weighted by Crippen LogP contribution is 2.30. The Balaban J connectivity index is 1.94. The van der Waals surface area contributed by atoms with Crippen LogP contribution in [0.4, 0.5) is 0 Å². The molecule has 0 heterocycles. The van der Waals surface area contributed by atoms with Gasteiger partial charge in [-0.1, -0.05) is 90.9 Å². The molecule has 1 rings (SSSR count). The molecule has 1 atom stereocenters. The van der Waals surface area contributed by atoms with Crippen LogP contribution in [-0.2, 0) is 9.53 Å². The van der Waals surface area contributed by atoms with Crippen molar-refractivity contribution in [2.45, 2.75) is 134 Å². The number of hydrogen-bond acceptors (Lipinski definition) is 2. The van der Waals surface area contributed by atoms with E-state index in [1.807, 2.05) is 6.92 Å². The monoisotopic (exact) mass is 386 g/mol. The van der Waals surface area contributed by atoms with Crippen LogP contribution in [-0.4, -0.2) is 17.5 Å². The summed E-state index contributed by atoms with van der Waals surface area (Å²) in [5, 5.41) is -0.454. The second-order valence-electron chi connectivity index (χ2n) is 8.31. The molecule has 1 unspecified atom stereocenters. The van der Waals surface area contributed by atoms with Crippen LogP contribution in [0.1, 0.15) is 123 Å². The molecule has 0 N–H and O–H groups in total. The molecule has 0 amide bonds. The van der Waals surface area contributed by atoms with E-state index in [1.165, 1.54) is 83.5 Å². The summed E-state index contributed by atoms with van der Waals surface area (Å²) in [5.41, 5.74) is 0. The Morgan fingerprint density at radius 1 is 0.846 bits per heavy atom. The minimum atomic E-state index is -0.454. The van der Waals surface area contributed by atoms with Crippen LogP contribution < -0.4 is 0 Å². The van der Waals surface area contributed by atoms with Gasteiger partial charge in [0.05, 0.1) is 0 Å². The van der Waals surface area contributed by atoms with Gasteiger partial charge in [0.25, 0.3) is 0 Å². The number of carbonyl (C=O) groups excluding carboxylic acids is 1. The molecule has 1 fully saturated rings. The molecule has 0 aromatic heterocycles. The summed E-state index contributed by atoms with van der Waals surface area (Å²) in [6.45, 7) is 4.32. The van der Waals surface area contributed by atoms with Crippen LogP contribution >= 0.6 is 11.6 Å². The highest BCUT2D eigenvalue weighted by atomic mass is 35.5. The number of hydrogen-bond donors (Lipinski definition) is 0. The molecule has 26 heavy (non-hydrogen) atoms.